The van der Waals surface area contributed by atoms with Gasteiger partial charge in [-0.1, -0.05) is 19.9 Å². The zero-order valence-electron chi connectivity index (χ0n) is 13.9. The normalized spacial score (nSPS) is 39.8. The lowest BCUT2D eigenvalue weighted by molar-refractivity contribution is -0.160. The van der Waals surface area contributed by atoms with E-state index in [1.807, 2.05) is 0 Å². The highest BCUT2D eigenvalue weighted by Gasteiger charge is 2.45. The third kappa shape index (κ3) is 2.90. The van der Waals surface area contributed by atoms with Crippen LogP contribution in [-0.4, -0.2) is 59.9 Å². The van der Waals surface area contributed by atoms with Crippen molar-refractivity contribution in [2.75, 3.05) is 19.7 Å². The Labute approximate surface area is 136 Å². The zero-order valence-corrected chi connectivity index (χ0v) is 13.9. The Morgan fingerprint density at radius 2 is 2.04 bits per heavy atom. The maximum atomic E-state index is 12.5. The first-order valence-electron chi connectivity index (χ1n) is 8.38. The van der Waals surface area contributed by atoms with Crippen LogP contribution in [0.3, 0.4) is 0 Å². The highest BCUT2D eigenvalue weighted by molar-refractivity contribution is 5.77. The molecule has 1 N–H and O–H groups in total. The molecular formula is C17H25NO5. The molecule has 2 fully saturated rings. The Bertz CT molecular complexity index is 529. The number of aliphatic hydroxyl groups excluding tert-OH is 1. The second-order valence-corrected chi connectivity index (χ2v) is 7.00. The van der Waals surface area contributed by atoms with Crippen LogP contribution in [0.5, 0.6) is 0 Å². The summed E-state index contributed by atoms with van der Waals surface area (Å²) in [5.74, 6) is -2.28. The summed E-state index contributed by atoms with van der Waals surface area (Å²) in [7, 11) is 0. The maximum Gasteiger partial charge on any atom is 0.312 e. The molecule has 3 aliphatic heterocycles. The number of nitrogens with zero attached hydrogens (tertiary/aromatic N) is 1. The van der Waals surface area contributed by atoms with E-state index in [0.717, 1.165) is 25.1 Å². The first kappa shape index (κ1) is 16.5. The summed E-state index contributed by atoms with van der Waals surface area (Å²) in [6, 6.07) is 0.0253. The van der Waals surface area contributed by atoms with Gasteiger partial charge in [0.1, 0.15) is 12.7 Å². The largest absolute Gasteiger partial charge is 0.461 e. The van der Waals surface area contributed by atoms with Crippen LogP contribution in [0.25, 0.3) is 0 Å². The van der Waals surface area contributed by atoms with Crippen molar-refractivity contribution in [2.24, 2.45) is 17.8 Å². The molecule has 128 valence electrons. The molecule has 6 atom stereocenters. The lowest BCUT2D eigenvalue weighted by atomic mass is 9.81. The summed E-state index contributed by atoms with van der Waals surface area (Å²) in [6.07, 6.45) is 1.82. The van der Waals surface area contributed by atoms with Crippen LogP contribution in [0.1, 0.15) is 27.2 Å². The highest BCUT2D eigenvalue weighted by Crippen LogP contribution is 2.34. The van der Waals surface area contributed by atoms with Gasteiger partial charge in [0, 0.05) is 13.1 Å². The van der Waals surface area contributed by atoms with Gasteiger partial charge >= 0.3 is 11.9 Å². The van der Waals surface area contributed by atoms with Crippen molar-refractivity contribution in [1.82, 2.24) is 4.90 Å². The number of aliphatic hydroxyl groups is 1. The molecule has 0 radical (unpaired) electrons. The minimum absolute atomic E-state index is 0.0253. The second-order valence-electron chi connectivity index (χ2n) is 7.00. The molecule has 6 nitrogen and oxygen atoms in total. The molecule has 3 aliphatic rings. The molecule has 2 saturated heterocycles. The molecule has 0 spiro atoms. The van der Waals surface area contributed by atoms with E-state index >= 15 is 0 Å². The predicted octanol–water partition coefficient (Wildman–Crippen LogP) is 0.738. The van der Waals surface area contributed by atoms with Gasteiger partial charge in [-0.2, -0.15) is 0 Å². The number of ether oxygens (including phenoxy) is 2. The van der Waals surface area contributed by atoms with Gasteiger partial charge in [-0.3, -0.25) is 14.5 Å². The molecule has 0 aliphatic carbocycles. The van der Waals surface area contributed by atoms with Gasteiger partial charge in [-0.15, -0.1) is 0 Å². The van der Waals surface area contributed by atoms with Crippen molar-refractivity contribution in [1.29, 1.82) is 0 Å². The lowest BCUT2D eigenvalue weighted by Crippen LogP contribution is -2.39. The second kappa shape index (κ2) is 6.24. The number of carbonyl (C=O) groups excluding carboxylic acids is 2. The fraction of sp³-hybridized carbons (Fsp3) is 0.765. The number of hydrogen-bond donors (Lipinski definition) is 1. The van der Waals surface area contributed by atoms with E-state index in [-0.39, 0.29) is 30.6 Å². The van der Waals surface area contributed by atoms with Crippen LogP contribution < -0.4 is 0 Å². The van der Waals surface area contributed by atoms with Crippen LogP contribution in [0.2, 0.25) is 0 Å². The van der Waals surface area contributed by atoms with Crippen LogP contribution in [0.15, 0.2) is 11.6 Å². The van der Waals surface area contributed by atoms with E-state index in [9.17, 15) is 14.7 Å². The predicted molar refractivity (Wildman–Crippen MR) is 82.4 cm³/mol. The monoisotopic (exact) mass is 323 g/mol. The van der Waals surface area contributed by atoms with Crippen molar-refractivity contribution < 1.29 is 24.2 Å². The van der Waals surface area contributed by atoms with Crippen molar-refractivity contribution in [3.63, 3.8) is 0 Å². The average Bonchev–Trinajstić information content (AvgIpc) is 3.06. The molecule has 6 heteroatoms. The Morgan fingerprint density at radius 3 is 2.74 bits per heavy atom. The molecular weight excluding hydrogens is 298 g/mol. The standard InChI is InChI=1S/C17H25NO5/c1-9-10(2)16(20)23-13-5-7-18-6-4-12(15(13)18)8-22-17(21)14(9)11(3)19/h4,9-11,13-15,19H,5-8H2,1-3H3. The molecule has 0 bridgehead atoms. The third-order valence-corrected chi connectivity index (χ3v) is 5.58. The minimum atomic E-state index is -0.873. The van der Waals surface area contributed by atoms with Crippen molar-refractivity contribution >= 4 is 11.9 Å². The molecule has 0 aromatic carbocycles. The summed E-state index contributed by atoms with van der Waals surface area (Å²) in [6.45, 7) is 7.01. The van der Waals surface area contributed by atoms with E-state index in [4.69, 9.17) is 9.47 Å². The lowest BCUT2D eigenvalue weighted by Gasteiger charge is -2.28. The molecule has 0 amide bonds. The number of cyclic esters (lactones) is 1. The number of carbonyl (C=O) groups is 2. The average molecular weight is 323 g/mol. The van der Waals surface area contributed by atoms with Crippen LogP contribution >= 0.6 is 0 Å². The first-order valence-corrected chi connectivity index (χ1v) is 8.38. The SMILES string of the molecule is CC(O)C1C(=O)OCC2=CCN3CCC(OC(=O)C(C)C1C)C23. The molecule has 3 rings (SSSR count). The van der Waals surface area contributed by atoms with E-state index in [1.54, 1.807) is 20.8 Å². The van der Waals surface area contributed by atoms with Crippen LogP contribution in [-0.2, 0) is 19.1 Å². The van der Waals surface area contributed by atoms with Gasteiger partial charge < -0.3 is 14.6 Å². The zero-order chi connectivity index (χ0) is 16.7. The molecule has 3 heterocycles. The van der Waals surface area contributed by atoms with Crippen LogP contribution in [0, 0.1) is 17.8 Å². The molecule has 0 saturated carbocycles. The molecule has 23 heavy (non-hydrogen) atoms. The summed E-state index contributed by atoms with van der Waals surface area (Å²) in [5.41, 5.74) is 1.00. The van der Waals surface area contributed by atoms with Gasteiger partial charge in [0.25, 0.3) is 0 Å². The molecule has 0 aromatic heterocycles. The van der Waals surface area contributed by atoms with E-state index in [2.05, 4.69) is 11.0 Å². The van der Waals surface area contributed by atoms with Gasteiger partial charge in [0.05, 0.1) is 24.0 Å². The van der Waals surface area contributed by atoms with Crippen molar-refractivity contribution in [2.45, 2.75) is 45.4 Å². The van der Waals surface area contributed by atoms with Crippen molar-refractivity contribution in [3.05, 3.63) is 11.6 Å². The smallest absolute Gasteiger partial charge is 0.312 e. The maximum absolute atomic E-state index is 12.5. The Morgan fingerprint density at radius 1 is 1.30 bits per heavy atom. The van der Waals surface area contributed by atoms with Gasteiger partial charge in [-0.05, 0) is 24.8 Å². The molecule has 0 aromatic rings. The van der Waals surface area contributed by atoms with Gasteiger partial charge in [0.2, 0.25) is 0 Å². The Hall–Kier alpha value is -1.40. The first-order chi connectivity index (χ1) is 10.9. The fourth-order valence-electron chi connectivity index (χ4n) is 4.01. The topological polar surface area (TPSA) is 76.1 Å². The third-order valence-electron chi connectivity index (χ3n) is 5.58. The molecule has 6 unspecified atom stereocenters. The number of esters is 2. The Balaban J connectivity index is 1.89. The summed E-state index contributed by atoms with van der Waals surface area (Å²) < 4.78 is 11.2. The number of hydrogen-bond acceptors (Lipinski definition) is 6. The summed E-state index contributed by atoms with van der Waals surface area (Å²) in [4.78, 5) is 27.2. The highest BCUT2D eigenvalue weighted by atomic mass is 16.5. The van der Waals surface area contributed by atoms with Gasteiger partial charge in [0.15, 0.2) is 0 Å². The van der Waals surface area contributed by atoms with Gasteiger partial charge in [-0.25, -0.2) is 0 Å². The number of rotatable bonds is 1. The Kier molecular flexibility index (Phi) is 4.47. The summed E-state index contributed by atoms with van der Waals surface area (Å²) >= 11 is 0. The minimum Gasteiger partial charge on any atom is -0.461 e. The van der Waals surface area contributed by atoms with E-state index in [0.29, 0.717) is 0 Å². The van der Waals surface area contributed by atoms with E-state index < -0.39 is 23.9 Å². The van der Waals surface area contributed by atoms with E-state index in [1.165, 1.54) is 0 Å². The summed E-state index contributed by atoms with van der Waals surface area (Å²) in [5, 5.41) is 9.99. The van der Waals surface area contributed by atoms with Crippen LogP contribution in [0.4, 0.5) is 0 Å². The quantitative estimate of drug-likeness (QED) is 0.566. The fourth-order valence-corrected chi connectivity index (χ4v) is 4.01. The van der Waals surface area contributed by atoms with Crippen molar-refractivity contribution in [3.8, 4) is 0 Å².